The van der Waals surface area contributed by atoms with Crippen LogP contribution in [0.1, 0.15) is 33.3 Å². The lowest BCUT2D eigenvalue weighted by Gasteiger charge is -2.34. The molecule has 3 nitrogen and oxygen atoms in total. The highest BCUT2D eigenvalue weighted by Gasteiger charge is 2.44. The summed E-state index contributed by atoms with van der Waals surface area (Å²) in [4.78, 5) is 7.03. The molecule has 0 unspecified atom stereocenters. The van der Waals surface area contributed by atoms with Gasteiger partial charge in [0, 0.05) is 5.56 Å². The predicted octanol–water partition coefficient (Wildman–Crippen LogP) is 5.22. The maximum atomic E-state index is 9.70. The van der Waals surface area contributed by atoms with Crippen molar-refractivity contribution in [1.82, 2.24) is 0 Å². The van der Waals surface area contributed by atoms with Gasteiger partial charge in [0.15, 0.2) is 0 Å². The van der Waals surface area contributed by atoms with Gasteiger partial charge >= 0.3 is 0 Å². The van der Waals surface area contributed by atoms with Crippen LogP contribution < -0.4 is 4.90 Å². The molecule has 2 aromatic carbocycles. The van der Waals surface area contributed by atoms with Crippen molar-refractivity contribution in [3.8, 4) is 6.07 Å². The second-order valence-electron chi connectivity index (χ2n) is 6.67. The van der Waals surface area contributed by atoms with Crippen LogP contribution >= 0.6 is 0 Å². The Morgan fingerprint density at radius 2 is 1.62 bits per heavy atom. The minimum Gasteiger partial charge on any atom is -0.321 e. The van der Waals surface area contributed by atoms with Gasteiger partial charge in [0.25, 0.3) is 0 Å². The van der Waals surface area contributed by atoms with Gasteiger partial charge in [-0.1, -0.05) is 36.4 Å². The molecule has 0 fully saturated rings. The highest BCUT2D eigenvalue weighted by molar-refractivity contribution is 6.18. The van der Waals surface area contributed by atoms with E-state index in [1.807, 2.05) is 56.3 Å². The minimum atomic E-state index is -0.401. The molecule has 0 N–H and O–H groups in total. The fraction of sp³-hybridized carbons (Fsp3) is 0.238. The van der Waals surface area contributed by atoms with E-state index in [1.165, 1.54) is 0 Å². The Kier molecular flexibility index (Phi) is 3.99. The molecule has 1 aliphatic heterocycles. The van der Waals surface area contributed by atoms with Crippen LogP contribution in [0.25, 0.3) is 0 Å². The monoisotopic (exact) mass is 315 g/mol. The molecular formula is C21H21N3. The Morgan fingerprint density at radius 3 is 2.25 bits per heavy atom. The molecule has 120 valence electrons. The van der Waals surface area contributed by atoms with Gasteiger partial charge in [-0.25, -0.2) is 0 Å². The molecule has 1 aliphatic rings. The molecule has 2 aromatic rings. The largest absolute Gasteiger partial charge is 0.321 e. The topological polar surface area (TPSA) is 39.4 Å². The van der Waals surface area contributed by atoms with Crippen LogP contribution in [-0.2, 0) is 0 Å². The van der Waals surface area contributed by atoms with Crippen molar-refractivity contribution in [3.63, 3.8) is 0 Å². The molecule has 0 atom stereocenters. The number of nitrogens with zero attached hydrogens (tertiary/aromatic N) is 3. The van der Waals surface area contributed by atoms with E-state index in [0.29, 0.717) is 5.70 Å². The Labute approximate surface area is 143 Å². The number of hydrogen-bond acceptors (Lipinski definition) is 3. The van der Waals surface area contributed by atoms with Gasteiger partial charge in [-0.3, -0.25) is 4.99 Å². The van der Waals surface area contributed by atoms with Gasteiger partial charge in [-0.05, 0) is 51.5 Å². The zero-order chi connectivity index (χ0) is 17.3. The third-order valence-electron chi connectivity index (χ3n) is 4.34. The number of para-hydroxylation sites is 2. The molecule has 24 heavy (non-hydrogen) atoms. The van der Waals surface area contributed by atoms with Crippen LogP contribution in [0, 0.1) is 11.3 Å². The Hall–Kier alpha value is -2.86. The van der Waals surface area contributed by atoms with Gasteiger partial charge in [0.2, 0.25) is 0 Å². The van der Waals surface area contributed by atoms with Crippen LogP contribution in [0.3, 0.4) is 0 Å². The average Bonchev–Trinajstić information content (AvgIpc) is 2.78. The second kappa shape index (κ2) is 5.98. The number of rotatable bonds is 2. The zero-order valence-corrected chi connectivity index (χ0v) is 14.5. The summed E-state index contributed by atoms with van der Waals surface area (Å²) in [6.07, 6.45) is 0. The second-order valence-corrected chi connectivity index (χ2v) is 6.67. The summed E-state index contributed by atoms with van der Waals surface area (Å²) >= 11 is 0. The van der Waals surface area contributed by atoms with Gasteiger partial charge in [0.05, 0.1) is 22.6 Å². The van der Waals surface area contributed by atoms with E-state index in [0.717, 1.165) is 28.2 Å². The van der Waals surface area contributed by atoms with Crippen molar-refractivity contribution in [2.75, 3.05) is 4.90 Å². The summed E-state index contributed by atoms with van der Waals surface area (Å²) in [6.45, 7) is 8.19. The molecule has 0 bridgehead atoms. The molecule has 0 amide bonds. The quantitative estimate of drug-likeness (QED) is 0.712. The Morgan fingerprint density at radius 1 is 1.00 bits per heavy atom. The summed E-state index contributed by atoms with van der Waals surface area (Å²) in [7, 11) is 0. The van der Waals surface area contributed by atoms with Crippen molar-refractivity contribution in [2.45, 2.75) is 33.2 Å². The van der Waals surface area contributed by atoms with Crippen molar-refractivity contribution in [3.05, 3.63) is 71.4 Å². The summed E-state index contributed by atoms with van der Waals surface area (Å²) in [6, 6.07) is 20.5. The first kappa shape index (κ1) is 16.0. The number of aliphatic imine (C=N–C) groups is 1. The zero-order valence-electron chi connectivity index (χ0n) is 14.5. The lowest BCUT2D eigenvalue weighted by Crippen LogP contribution is -2.44. The highest BCUT2D eigenvalue weighted by atomic mass is 15.2. The summed E-state index contributed by atoms with van der Waals surface area (Å²) in [5.74, 6) is 0. The highest BCUT2D eigenvalue weighted by Crippen LogP contribution is 2.43. The van der Waals surface area contributed by atoms with E-state index in [-0.39, 0.29) is 0 Å². The number of anilines is 1. The van der Waals surface area contributed by atoms with E-state index >= 15 is 0 Å². The van der Waals surface area contributed by atoms with E-state index in [4.69, 9.17) is 4.99 Å². The molecular weight excluding hydrogens is 294 g/mol. The maximum absolute atomic E-state index is 9.70. The lowest BCUT2D eigenvalue weighted by molar-refractivity contribution is 0.667. The van der Waals surface area contributed by atoms with Crippen LogP contribution in [-0.4, -0.2) is 11.3 Å². The van der Waals surface area contributed by atoms with Gasteiger partial charge in [-0.15, -0.1) is 0 Å². The first-order valence-corrected chi connectivity index (χ1v) is 8.08. The van der Waals surface area contributed by atoms with Gasteiger partial charge in [-0.2, -0.15) is 5.26 Å². The van der Waals surface area contributed by atoms with Crippen LogP contribution in [0.4, 0.5) is 11.4 Å². The standard InChI is InChI=1S/C21H21N3/c1-15(2)19(14-22)24-18-13-9-8-12-17(18)20(21(24,3)4)23-16-10-6-5-7-11-16/h5-13H,1-4H3. The van der Waals surface area contributed by atoms with E-state index < -0.39 is 5.54 Å². The predicted molar refractivity (Wildman–Crippen MR) is 99.6 cm³/mol. The molecule has 0 aliphatic carbocycles. The molecule has 1 heterocycles. The van der Waals surface area contributed by atoms with Crippen molar-refractivity contribution >= 4 is 17.1 Å². The first-order chi connectivity index (χ1) is 11.5. The summed E-state index contributed by atoms with van der Waals surface area (Å²) in [5.41, 5.74) is 5.32. The van der Waals surface area contributed by atoms with Crippen LogP contribution in [0.2, 0.25) is 0 Å². The van der Waals surface area contributed by atoms with E-state index in [9.17, 15) is 5.26 Å². The summed E-state index contributed by atoms with van der Waals surface area (Å²) < 4.78 is 0. The Bertz CT molecular complexity index is 863. The number of hydrogen-bond donors (Lipinski definition) is 0. The minimum absolute atomic E-state index is 0.401. The molecule has 0 saturated carbocycles. The Balaban J connectivity index is 2.25. The van der Waals surface area contributed by atoms with E-state index in [2.05, 4.69) is 36.9 Å². The fourth-order valence-corrected chi connectivity index (χ4v) is 3.22. The lowest BCUT2D eigenvalue weighted by atomic mass is 9.95. The third kappa shape index (κ3) is 2.51. The van der Waals surface area contributed by atoms with Gasteiger partial charge < -0.3 is 4.90 Å². The smallest absolute Gasteiger partial charge is 0.120 e. The van der Waals surface area contributed by atoms with Crippen molar-refractivity contribution < 1.29 is 0 Å². The normalized spacial score (nSPS) is 16.6. The van der Waals surface area contributed by atoms with Crippen molar-refractivity contribution in [2.24, 2.45) is 4.99 Å². The van der Waals surface area contributed by atoms with Crippen LogP contribution in [0.15, 0.2) is 70.9 Å². The number of nitriles is 1. The maximum Gasteiger partial charge on any atom is 0.120 e. The number of fused-ring (bicyclic) bond motifs is 1. The molecule has 0 spiro atoms. The van der Waals surface area contributed by atoms with E-state index in [1.54, 1.807) is 0 Å². The number of benzene rings is 2. The molecule has 0 aromatic heterocycles. The summed E-state index contributed by atoms with van der Waals surface area (Å²) in [5, 5.41) is 9.70. The fourth-order valence-electron chi connectivity index (χ4n) is 3.22. The van der Waals surface area contributed by atoms with Crippen LogP contribution in [0.5, 0.6) is 0 Å². The SMILES string of the molecule is CC(C)=C(C#N)N1c2ccccc2C(=Nc2ccccc2)C1(C)C. The molecule has 0 radical (unpaired) electrons. The first-order valence-electron chi connectivity index (χ1n) is 8.08. The van der Waals surface area contributed by atoms with Crippen molar-refractivity contribution in [1.29, 1.82) is 5.26 Å². The molecule has 3 heteroatoms. The third-order valence-corrected chi connectivity index (χ3v) is 4.34. The molecule has 0 saturated heterocycles. The molecule has 3 rings (SSSR count). The number of allylic oxidation sites excluding steroid dienone is 2. The average molecular weight is 315 g/mol. The van der Waals surface area contributed by atoms with Gasteiger partial charge in [0.1, 0.15) is 11.8 Å².